The first-order valence-corrected chi connectivity index (χ1v) is 12.2. The van der Waals surface area contributed by atoms with Crippen molar-refractivity contribution in [2.24, 2.45) is 18.9 Å². The normalized spacial score (nSPS) is 22.9. The van der Waals surface area contributed by atoms with Crippen molar-refractivity contribution >= 4 is 34.5 Å². The number of β-lactam (4-membered cyclic amide) rings is 1. The summed E-state index contributed by atoms with van der Waals surface area (Å²) < 4.78 is 11.2. The van der Waals surface area contributed by atoms with E-state index < -0.39 is 18.0 Å². The van der Waals surface area contributed by atoms with Gasteiger partial charge in [0.2, 0.25) is 12.2 Å². The second kappa shape index (κ2) is 9.46. The molecule has 8 nitrogen and oxygen atoms in total. The van der Waals surface area contributed by atoms with Gasteiger partial charge in [0.25, 0.3) is 0 Å². The van der Waals surface area contributed by atoms with Crippen LogP contribution in [0, 0.1) is 15.4 Å². The van der Waals surface area contributed by atoms with Gasteiger partial charge in [-0.25, -0.2) is 13.9 Å². The third-order valence-corrected chi connectivity index (χ3v) is 7.45. The van der Waals surface area contributed by atoms with Crippen LogP contribution >= 0.6 is 22.6 Å². The lowest BCUT2D eigenvalue weighted by atomic mass is 9.78. The van der Waals surface area contributed by atoms with Crippen LogP contribution in [0.3, 0.4) is 0 Å². The number of aliphatic hydroxyl groups excluding tert-OH is 1. The van der Waals surface area contributed by atoms with E-state index in [9.17, 15) is 19.8 Å². The van der Waals surface area contributed by atoms with Crippen molar-refractivity contribution in [3.63, 3.8) is 0 Å². The van der Waals surface area contributed by atoms with Gasteiger partial charge in [0.1, 0.15) is 30.4 Å². The van der Waals surface area contributed by atoms with Gasteiger partial charge < -0.3 is 19.8 Å². The summed E-state index contributed by atoms with van der Waals surface area (Å²) in [6, 6.07) is 5.73. The number of hydrogen-bond donors (Lipinski definition) is 2. The Bertz CT molecular complexity index is 1110. The lowest BCUT2D eigenvalue weighted by Crippen LogP contribution is -2.63. The predicted molar refractivity (Wildman–Crippen MR) is 128 cm³/mol. The lowest BCUT2D eigenvalue weighted by molar-refractivity contribution is -0.671. The van der Waals surface area contributed by atoms with Gasteiger partial charge in [0.05, 0.1) is 35.2 Å². The number of benzene rings is 1. The Morgan fingerprint density at radius 3 is 2.73 bits per heavy atom. The maximum Gasteiger partial charge on any atom is 0.352 e. The van der Waals surface area contributed by atoms with Gasteiger partial charge >= 0.3 is 5.97 Å². The minimum atomic E-state index is -1.14. The summed E-state index contributed by atoms with van der Waals surface area (Å²) in [5, 5.41) is 19.7. The highest BCUT2D eigenvalue weighted by atomic mass is 127. The number of imidazole rings is 1. The van der Waals surface area contributed by atoms with Crippen molar-refractivity contribution in [1.29, 1.82) is 0 Å². The zero-order chi connectivity index (χ0) is 23.9. The number of halogens is 1. The van der Waals surface area contributed by atoms with Crippen LogP contribution in [0.1, 0.15) is 25.8 Å². The van der Waals surface area contributed by atoms with E-state index in [1.54, 1.807) is 6.92 Å². The van der Waals surface area contributed by atoms with E-state index in [4.69, 9.17) is 4.74 Å². The maximum atomic E-state index is 12.5. The molecular weight excluding hydrogens is 537 g/mol. The summed E-state index contributed by atoms with van der Waals surface area (Å²) in [4.78, 5) is 25.7. The molecule has 1 fully saturated rings. The summed E-state index contributed by atoms with van der Waals surface area (Å²) in [6.07, 6.45) is 7.30. The number of nitrogens with zero attached hydrogens (tertiary/aromatic N) is 3. The Morgan fingerprint density at radius 2 is 2.12 bits per heavy atom. The second-order valence-electron chi connectivity index (χ2n) is 8.91. The molecule has 2 aliphatic rings. The van der Waals surface area contributed by atoms with Crippen molar-refractivity contribution in [2.45, 2.75) is 45.4 Å². The van der Waals surface area contributed by atoms with Crippen LogP contribution in [-0.2, 0) is 29.6 Å². The SMILES string of the molecule is CC(O)[C@H]1C(=O)N2C(C(=O)O)=C(COc3ccc(CCCn4cc[n+](C)c4)cc3I)C(C)[C@H]12. The molecule has 33 heavy (non-hydrogen) atoms. The van der Waals surface area contributed by atoms with Crippen molar-refractivity contribution in [3.05, 3.63) is 57.3 Å². The van der Waals surface area contributed by atoms with E-state index in [2.05, 4.69) is 45.7 Å². The van der Waals surface area contributed by atoms with Crippen LogP contribution in [0.5, 0.6) is 5.75 Å². The number of aliphatic hydroxyl groups is 1. The zero-order valence-electron chi connectivity index (χ0n) is 18.9. The molecule has 0 bridgehead atoms. The summed E-state index contributed by atoms with van der Waals surface area (Å²) in [6.45, 7) is 4.51. The first-order chi connectivity index (χ1) is 15.7. The quantitative estimate of drug-likeness (QED) is 0.276. The van der Waals surface area contributed by atoms with Crippen molar-refractivity contribution in [1.82, 2.24) is 9.47 Å². The molecule has 1 aromatic heterocycles. The van der Waals surface area contributed by atoms with Gasteiger partial charge in [-0.05, 0) is 60.1 Å². The molecule has 4 rings (SSSR count). The van der Waals surface area contributed by atoms with Crippen LogP contribution in [0.4, 0.5) is 0 Å². The first kappa shape index (κ1) is 23.7. The Labute approximate surface area is 206 Å². The molecular formula is C24H29IN3O5+. The fourth-order valence-electron chi connectivity index (χ4n) is 4.91. The highest BCUT2D eigenvalue weighted by Crippen LogP contribution is 2.47. The number of hydrogen-bond acceptors (Lipinski definition) is 4. The highest BCUT2D eigenvalue weighted by Gasteiger charge is 2.59. The van der Waals surface area contributed by atoms with Crippen LogP contribution in [0.2, 0.25) is 0 Å². The maximum absolute atomic E-state index is 12.5. The molecule has 2 unspecified atom stereocenters. The fourth-order valence-corrected chi connectivity index (χ4v) is 5.64. The molecule has 176 valence electrons. The Balaban J connectivity index is 1.41. The number of carbonyl (C=O) groups is 2. The molecule has 1 amide bonds. The summed E-state index contributed by atoms with van der Waals surface area (Å²) in [7, 11) is 2.00. The number of carboxylic acids is 1. The molecule has 9 heteroatoms. The van der Waals surface area contributed by atoms with E-state index in [0.29, 0.717) is 11.3 Å². The molecule has 4 atom stereocenters. The minimum Gasteiger partial charge on any atom is -0.488 e. The Morgan fingerprint density at radius 1 is 1.36 bits per heavy atom. The number of amides is 1. The summed E-state index contributed by atoms with van der Waals surface area (Å²) >= 11 is 2.24. The van der Waals surface area contributed by atoms with E-state index in [1.165, 1.54) is 10.5 Å². The number of aromatic nitrogens is 2. The largest absolute Gasteiger partial charge is 0.488 e. The highest BCUT2D eigenvalue weighted by molar-refractivity contribution is 14.1. The molecule has 0 saturated carbocycles. The van der Waals surface area contributed by atoms with Gasteiger partial charge in [-0.1, -0.05) is 13.0 Å². The Hall–Kier alpha value is -2.40. The molecule has 1 aromatic carbocycles. The number of carbonyl (C=O) groups excluding carboxylic acids is 1. The standard InChI is InChI=1S/C24H28IN3O5/c1-14-17(22(24(31)32)28-21(14)20(15(2)29)23(28)30)12-33-19-7-6-16(11-18(19)25)5-4-8-27-10-9-26(3)13-27/h6-7,9-11,13-15,20-21,29H,4-5,8,12H2,1-3H3/p+1/t14?,15?,20-,21-/m1/s1. The van der Waals surface area contributed by atoms with E-state index in [1.807, 2.05) is 36.9 Å². The van der Waals surface area contributed by atoms with E-state index in [0.717, 1.165) is 23.0 Å². The molecule has 0 spiro atoms. The first-order valence-electron chi connectivity index (χ1n) is 11.1. The molecule has 0 radical (unpaired) electrons. The van der Waals surface area contributed by atoms with Gasteiger partial charge in [-0.3, -0.25) is 4.79 Å². The van der Waals surface area contributed by atoms with Crippen LogP contribution < -0.4 is 9.30 Å². The average Bonchev–Trinajstić information content (AvgIpc) is 3.26. The molecule has 2 aliphatic heterocycles. The monoisotopic (exact) mass is 566 g/mol. The van der Waals surface area contributed by atoms with Crippen LogP contribution in [0.15, 0.2) is 48.2 Å². The average molecular weight is 566 g/mol. The third-order valence-electron chi connectivity index (χ3n) is 6.60. The number of aliphatic carboxylic acids is 1. The number of rotatable bonds is 9. The van der Waals surface area contributed by atoms with Gasteiger partial charge in [0, 0.05) is 11.5 Å². The predicted octanol–water partition coefficient (Wildman–Crippen LogP) is 2.12. The number of fused-ring (bicyclic) bond motifs is 1. The lowest BCUT2D eigenvalue weighted by Gasteiger charge is -2.46. The van der Waals surface area contributed by atoms with Crippen molar-refractivity contribution in [3.8, 4) is 5.75 Å². The molecule has 1 saturated heterocycles. The van der Waals surface area contributed by atoms with Gasteiger partial charge in [-0.15, -0.1) is 0 Å². The van der Waals surface area contributed by atoms with Gasteiger partial charge in [-0.2, -0.15) is 0 Å². The summed E-state index contributed by atoms with van der Waals surface area (Å²) in [5.74, 6) is -1.54. The van der Waals surface area contributed by atoms with Crippen LogP contribution in [0.25, 0.3) is 0 Å². The summed E-state index contributed by atoms with van der Waals surface area (Å²) in [5.41, 5.74) is 1.81. The molecule has 2 N–H and O–H groups in total. The molecule has 0 aliphatic carbocycles. The third kappa shape index (κ3) is 4.52. The second-order valence-corrected chi connectivity index (χ2v) is 10.1. The fraction of sp³-hybridized carbons (Fsp3) is 0.458. The van der Waals surface area contributed by atoms with Gasteiger partial charge in [0.15, 0.2) is 0 Å². The van der Waals surface area contributed by atoms with E-state index >= 15 is 0 Å². The zero-order valence-corrected chi connectivity index (χ0v) is 21.1. The molecule has 3 heterocycles. The smallest absolute Gasteiger partial charge is 0.352 e. The number of aryl methyl sites for hydroxylation is 3. The number of carboxylic acid groups (broad SMARTS) is 1. The minimum absolute atomic E-state index is 0.000518. The van der Waals surface area contributed by atoms with Crippen LogP contribution in [-0.4, -0.2) is 50.3 Å². The number of ether oxygens (including phenoxy) is 1. The topological polar surface area (TPSA) is 95.9 Å². The molecule has 2 aromatic rings. The Kier molecular flexibility index (Phi) is 6.81. The van der Waals surface area contributed by atoms with Crippen molar-refractivity contribution < 1.29 is 29.1 Å². The van der Waals surface area contributed by atoms with Crippen molar-refractivity contribution in [2.75, 3.05) is 6.61 Å². The van der Waals surface area contributed by atoms with E-state index in [-0.39, 0.29) is 30.2 Å².